The van der Waals surface area contributed by atoms with Crippen molar-refractivity contribution in [2.75, 3.05) is 18.6 Å². The number of nitrogens with zero attached hydrogens (tertiary/aromatic N) is 2. The molecule has 0 aliphatic heterocycles. The summed E-state index contributed by atoms with van der Waals surface area (Å²) in [5.74, 6) is 0.925. The van der Waals surface area contributed by atoms with Crippen LogP contribution in [0.25, 0.3) is 0 Å². The lowest BCUT2D eigenvalue weighted by molar-refractivity contribution is 0.240. The molecule has 200 valence electrons. The first-order chi connectivity index (χ1) is 17.6. The fourth-order valence-corrected chi connectivity index (χ4v) is 4.90. The molecular weight excluding hydrogens is 502 g/mol. The van der Waals surface area contributed by atoms with E-state index in [1.807, 2.05) is 30.3 Å². The topological polar surface area (TPSA) is 88.2 Å². The number of hydrogen-bond donors (Lipinski definition) is 3. The maximum Gasteiger partial charge on any atom is 0.333 e. The fourth-order valence-electron chi connectivity index (χ4n) is 3.51. The number of amides is 2. The first-order valence-electron chi connectivity index (χ1n) is 12.8. The largest absolute Gasteiger partial charge is 0.493 e. The van der Waals surface area contributed by atoms with Crippen LogP contribution in [0.2, 0.25) is 0 Å². The van der Waals surface area contributed by atoms with Crippen LogP contribution < -0.4 is 20.9 Å². The molecule has 1 aromatic heterocycles. The second-order valence-corrected chi connectivity index (χ2v) is 12.0. The van der Waals surface area contributed by atoms with E-state index in [2.05, 4.69) is 85.3 Å². The van der Waals surface area contributed by atoms with Gasteiger partial charge < -0.3 is 10.1 Å². The average Bonchev–Trinajstić information content (AvgIpc) is 3.35. The van der Waals surface area contributed by atoms with Gasteiger partial charge in [-0.05, 0) is 65.6 Å². The molecule has 2 amide bonds. The molecule has 0 atom stereocenters. The van der Waals surface area contributed by atoms with Gasteiger partial charge in [-0.3, -0.25) is 5.43 Å². The van der Waals surface area contributed by atoms with Crippen LogP contribution in [0.15, 0.2) is 58.6 Å². The average molecular weight is 542 g/mol. The van der Waals surface area contributed by atoms with Crippen LogP contribution in [0.3, 0.4) is 0 Å². The Kier molecular flexibility index (Phi) is 10.2. The molecule has 0 aliphatic carbocycles. The van der Waals surface area contributed by atoms with Crippen molar-refractivity contribution in [3.63, 3.8) is 0 Å². The Morgan fingerprint density at radius 2 is 1.76 bits per heavy atom. The van der Waals surface area contributed by atoms with Crippen molar-refractivity contribution in [3.05, 3.63) is 59.7 Å². The van der Waals surface area contributed by atoms with Crippen molar-refractivity contribution >= 4 is 34.5 Å². The van der Waals surface area contributed by atoms with Crippen molar-refractivity contribution in [2.24, 2.45) is 0 Å². The van der Waals surface area contributed by atoms with Crippen LogP contribution >= 0.6 is 23.3 Å². The molecule has 0 aliphatic rings. The summed E-state index contributed by atoms with van der Waals surface area (Å²) in [5, 5.41) is 4.00. The molecule has 2 aromatic carbocycles. The van der Waals surface area contributed by atoms with Crippen LogP contribution in [0.4, 0.5) is 9.93 Å². The highest BCUT2D eigenvalue weighted by molar-refractivity contribution is 7.99. The number of ether oxygens (including phenoxy) is 1. The summed E-state index contributed by atoms with van der Waals surface area (Å²) in [5.41, 5.74) is 8.13. The van der Waals surface area contributed by atoms with Crippen molar-refractivity contribution in [2.45, 2.75) is 81.7 Å². The Morgan fingerprint density at radius 3 is 2.46 bits per heavy atom. The standard InChI is InChI=1S/C28H39N5O2S2/c1-7-27(3,4)20-15-16-23(22(19-20)28(5,6)8-2)35-18-12-17-29-24(34)31-32-25-30-26(33-37-25)36-21-13-10-9-11-14-21/h9-11,13-16,19H,7-8,12,17-18H2,1-6H3,(H2,29,31,34)(H,30,32,33). The molecule has 0 fully saturated rings. The SMILES string of the molecule is CCC(C)(C)c1ccc(OCCCNC(=O)NNc2nc(Sc3ccccc3)ns2)c(C(C)(C)CC)c1. The third kappa shape index (κ3) is 8.36. The van der Waals surface area contributed by atoms with E-state index >= 15 is 0 Å². The number of hydrazine groups is 1. The number of carbonyl (C=O) groups excluding carboxylic acids is 1. The highest BCUT2D eigenvalue weighted by atomic mass is 32.2. The van der Waals surface area contributed by atoms with Gasteiger partial charge in [0.15, 0.2) is 0 Å². The molecular formula is C28H39N5O2S2. The Bertz CT molecular complexity index is 1150. The van der Waals surface area contributed by atoms with Gasteiger partial charge in [0.1, 0.15) is 5.75 Å². The van der Waals surface area contributed by atoms with Gasteiger partial charge in [-0.15, -0.1) is 0 Å². The van der Waals surface area contributed by atoms with Crippen molar-refractivity contribution in [1.82, 2.24) is 20.1 Å². The summed E-state index contributed by atoms with van der Waals surface area (Å²) < 4.78 is 10.5. The number of urea groups is 1. The quantitative estimate of drug-likeness (QED) is 0.157. The van der Waals surface area contributed by atoms with E-state index in [1.165, 1.54) is 34.4 Å². The molecule has 37 heavy (non-hydrogen) atoms. The van der Waals surface area contributed by atoms with E-state index < -0.39 is 0 Å². The van der Waals surface area contributed by atoms with Gasteiger partial charge in [0.2, 0.25) is 10.3 Å². The van der Waals surface area contributed by atoms with Gasteiger partial charge in [0.25, 0.3) is 0 Å². The van der Waals surface area contributed by atoms with E-state index in [9.17, 15) is 4.79 Å². The Hall–Kier alpha value is -2.78. The lowest BCUT2D eigenvalue weighted by Gasteiger charge is -2.30. The molecule has 3 N–H and O–H groups in total. The normalized spacial score (nSPS) is 11.7. The highest BCUT2D eigenvalue weighted by Crippen LogP contribution is 2.38. The molecule has 0 radical (unpaired) electrons. The zero-order valence-corrected chi connectivity index (χ0v) is 24.3. The van der Waals surface area contributed by atoms with Crippen LogP contribution in [-0.2, 0) is 10.8 Å². The molecule has 1 heterocycles. The predicted molar refractivity (Wildman–Crippen MR) is 154 cm³/mol. The highest BCUT2D eigenvalue weighted by Gasteiger charge is 2.26. The molecule has 0 spiro atoms. The second-order valence-electron chi connectivity index (χ2n) is 10.2. The summed E-state index contributed by atoms with van der Waals surface area (Å²) in [7, 11) is 0. The molecule has 0 unspecified atom stereocenters. The van der Waals surface area contributed by atoms with Crippen LogP contribution in [-0.4, -0.2) is 28.5 Å². The number of hydrogen-bond acceptors (Lipinski definition) is 7. The van der Waals surface area contributed by atoms with E-state index in [0.29, 0.717) is 29.9 Å². The van der Waals surface area contributed by atoms with Gasteiger partial charge in [-0.25, -0.2) is 10.2 Å². The molecule has 0 saturated carbocycles. The monoisotopic (exact) mass is 541 g/mol. The van der Waals surface area contributed by atoms with E-state index in [-0.39, 0.29) is 16.9 Å². The van der Waals surface area contributed by atoms with Crippen molar-refractivity contribution in [1.29, 1.82) is 0 Å². The molecule has 9 heteroatoms. The lowest BCUT2D eigenvalue weighted by Crippen LogP contribution is -2.39. The third-order valence-electron chi connectivity index (χ3n) is 6.76. The predicted octanol–water partition coefficient (Wildman–Crippen LogP) is 7.16. The Morgan fingerprint density at radius 1 is 1.03 bits per heavy atom. The molecule has 0 bridgehead atoms. The van der Waals surface area contributed by atoms with Crippen molar-refractivity contribution < 1.29 is 9.53 Å². The zero-order valence-electron chi connectivity index (χ0n) is 22.7. The zero-order chi connectivity index (χ0) is 26.9. The summed E-state index contributed by atoms with van der Waals surface area (Å²) in [6.45, 7) is 14.5. The second kappa shape index (κ2) is 13.1. The number of anilines is 1. The first-order valence-corrected chi connectivity index (χ1v) is 14.4. The molecule has 7 nitrogen and oxygen atoms in total. The third-order valence-corrected chi connectivity index (χ3v) is 8.38. The number of carbonyl (C=O) groups is 1. The van der Waals surface area contributed by atoms with Gasteiger partial charge in [-0.2, -0.15) is 9.36 Å². The van der Waals surface area contributed by atoms with E-state index in [4.69, 9.17) is 4.74 Å². The van der Waals surface area contributed by atoms with Crippen LogP contribution in [0.1, 0.15) is 71.9 Å². The summed E-state index contributed by atoms with van der Waals surface area (Å²) in [6.07, 6.45) is 2.79. The maximum absolute atomic E-state index is 12.2. The first kappa shape index (κ1) is 28.8. The Labute approximate surface area is 229 Å². The minimum atomic E-state index is -0.327. The maximum atomic E-state index is 12.2. The van der Waals surface area contributed by atoms with Gasteiger partial charge in [-0.1, -0.05) is 71.9 Å². The van der Waals surface area contributed by atoms with E-state index in [1.54, 1.807) is 0 Å². The van der Waals surface area contributed by atoms with Crippen LogP contribution in [0, 0.1) is 0 Å². The fraction of sp³-hybridized carbons (Fsp3) is 0.464. The minimum absolute atomic E-state index is 0.0170. The number of nitrogens with one attached hydrogen (secondary N) is 3. The minimum Gasteiger partial charge on any atom is -0.493 e. The molecule has 0 saturated heterocycles. The smallest absolute Gasteiger partial charge is 0.333 e. The summed E-state index contributed by atoms with van der Waals surface area (Å²) in [4.78, 5) is 17.6. The number of benzene rings is 2. The van der Waals surface area contributed by atoms with Crippen LogP contribution in [0.5, 0.6) is 5.75 Å². The number of aromatic nitrogens is 2. The van der Waals surface area contributed by atoms with E-state index in [0.717, 1.165) is 23.5 Å². The number of rotatable bonds is 13. The Balaban J connectivity index is 1.43. The van der Waals surface area contributed by atoms with Crippen molar-refractivity contribution in [3.8, 4) is 5.75 Å². The van der Waals surface area contributed by atoms with Gasteiger partial charge >= 0.3 is 6.03 Å². The molecule has 3 aromatic rings. The molecule has 3 rings (SSSR count). The summed E-state index contributed by atoms with van der Waals surface area (Å²) in [6, 6.07) is 16.2. The summed E-state index contributed by atoms with van der Waals surface area (Å²) >= 11 is 2.67. The van der Waals surface area contributed by atoms with Gasteiger partial charge in [0, 0.05) is 28.5 Å². The van der Waals surface area contributed by atoms with Gasteiger partial charge in [0.05, 0.1) is 6.61 Å². The lowest BCUT2D eigenvalue weighted by atomic mass is 9.76.